The highest BCUT2D eigenvalue weighted by Crippen LogP contribution is 2.37. The third-order valence-corrected chi connectivity index (χ3v) is 5.82. The van der Waals surface area contributed by atoms with E-state index in [9.17, 15) is 18.5 Å². The average molecular weight is 321 g/mol. The molecule has 1 saturated heterocycles. The molecule has 0 radical (unpaired) electrons. The lowest BCUT2D eigenvalue weighted by Crippen LogP contribution is -2.34. The molecular formula is C10H15N3O5S2. The first-order chi connectivity index (χ1) is 9.44. The van der Waals surface area contributed by atoms with Gasteiger partial charge in [-0.2, -0.15) is 0 Å². The molecule has 1 fully saturated rings. The molecule has 2 heterocycles. The Labute approximate surface area is 120 Å². The van der Waals surface area contributed by atoms with Crippen LogP contribution < -0.4 is 10.0 Å². The van der Waals surface area contributed by atoms with Crippen molar-refractivity contribution in [2.24, 2.45) is 0 Å². The van der Waals surface area contributed by atoms with Gasteiger partial charge in [-0.25, -0.2) is 13.1 Å². The van der Waals surface area contributed by atoms with E-state index in [0.717, 1.165) is 17.4 Å². The molecule has 0 aromatic carbocycles. The lowest BCUT2D eigenvalue weighted by molar-refractivity contribution is -0.383. The topological polar surface area (TPSA) is 111 Å². The predicted octanol–water partition coefficient (Wildman–Crippen LogP) is 1.16. The van der Waals surface area contributed by atoms with Crippen LogP contribution in [0.3, 0.4) is 0 Å². The number of nitro groups is 1. The second-order valence-corrected chi connectivity index (χ2v) is 7.24. The summed E-state index contributed by atoms with van der Waals surface area (Å²) < 4.78 is 31.9. The molecule has 112 valence electrons. The van der Waals surface area contributed by atoms with Gasteiger partial charge in [0.2, 0.25) is 0 Å². The van der Waals surface area contributed by atoms with Crippen LogP contribution in [-0.2, 0) is 14.8 Å². The minimum absolute atomic E-state index is 0.0629. The Hall–Kier alpha value is -1.23. The molecule has 2 rings (SSSR count). The Morgan fingerprint density at radius 2 is 2.35 bits per heavy atom. The van der Waals surface area contributed by atoms with E-state index in [1.54, 1.807) is 6.92 Å². The van der Waals surface area contributed by atoms with Crippen LogP contribution in [0, 0.1) is 10.1 Å². The molecule has 0 aliphatic carbocycles. The number of hydrogen-bond donors (Lipinski definition) is 2. The molecule has 0 amide bonds. The number of rotatable bonds is 6. The van der Waals surface area contributed by atoms with Crippen molar-refractivity contribution in [1.29, 1.82) is 0 Å². The molecule has 1 aliphatic heterocycles. The normalized spacial score (nSPS) is 19.1. The SMILES string of the molecule is CCNc1sc(S(=O)(=O)NC2CCOC2)cc1[N+](=O)[O-]. The first kappa shape index (κ1) is 15.2. The van der Waals surface area contributed by atoms with E-state index in [4.69, 9.17) is 4.74 Å². The van der Waals surface area contributed by atoms with Crippen molar-refractivity contribution >= 4 is 32.0 Å². The highest BCUT2D eigenvalue weighted by atomic mass is 32.2. The van der Waals surface area contributed by atoms with Crippen LogP contribution in [0.15, 0.2) is 10.3 Å². The van der Waals surface area contributed by atoms with Crippen LogP contribution in [0.1, 0.15) is 13.3 Å². The van der Waals surface area contributed by atoms with Gasteiger partial charge in [0.15, 0.2) is 5.00 Å². The van der Waals surface area contributed by atoms with Gasteiger partial charge in [-0.3, -0.25) is 10.1 Å². The number of hydrogen-bond acceptors (Lipinski definition) is 7. The van der Waals surface area contributed by atoms with E-state index >= 15 is 0 Å². The van der Waals surface area contributed by atoms with Gasteiger partial charge in [-0.1, -0.05) is 11.3 Å². The highest BCUT2D eigenvalue weighted by molar-refractivity contribution is 7.91. The predicted molar refractivity (Wildman–Crippen MR) is 74.7 cm³/mol. The summed E-state index contributed by atoms with van der Waals surface area (Å²) in [5.41, 5.74) is -0.222. The molecule has 20 heavy (non-hydrogen) atoms. The molecule has 1 aliphatic rings. The van der Waals surface area contributed by atoms with Crippen molar-refractivity contribution in [2.75, 3.05) is 25.1 Å². The Morgan fingerprint density at radius 1 is 1.60 bits per heavy atom. The molecule has 0 saturated carbocycles. The largest absolute Gasteiger partial charge is 0.380 e. The lowest BCUT2D eigenvalue weighted by Gasteiger charge is -2.09. The number of ether oxygens (including phenoxy) is 1. The van der Waals surface area contributed by atoms with Crippen molar-refractivity contribution in [3.05, 3.63) is 16.2 Å². The summed E-state index contributed by atoms with van der Waals surface area (Å²) >= 11 is 0.859. The fraction of sp³-hybridized carbons (Fsp3) is 0.600. The van der Waals surface area contributed by atoms with Crippen molar-refractivity contribution in [2.45, 2.75) is 23.6 Å². The monoisotopic (exact) mass is 321 g/mol. The molecule has 2 N–H and O–H groups in total. The zero-order valence-electron chi connectivity index (χ0n) is 10.8. The van der Waals surface area contributed by atoms with Gasteiger partial charge in [0.1, 0.15) is 4.21 Å². The third-order valence-electron chi connectivity index (χ3n) is 2.74. The minimum atomic E-state index is -3.75. The van der Waals surface area contributed by atoms with Gasteiger partial charge in [0.05, 0.1) is 11.5 Å². The van der Waals surface area contributed by atoms with Crippen LogP contribution >= 0.6 is 11.3 Å². The van der Waals surface area contributed by atoms with Gasteiger partial charge in [-0.15, -0.1) is 0 Å². The molecule has 1 aromatic heterocycles. The molecular weight excluding hydrogens is 306 g/mol. The van der Waals surface area contributed by atoms with Gasteiger partial charge >= 0.3 is 5.69 Å². The highest BCUT2D eigenvalue weighted by Gasteiger charge is 2.29. The maximum Gasteiger partial charge on any atom is 0.304 e. The Balaban J connectivity index is 2.26. The molecule has 10 heteroatoms. The summed E-state index contributed by atoms with van der Waals surface area (Å²) in [6, 6.07) is 0.810. The first-order valence-corrected chi connectivity index (χ1v) is 8.36. The average Bonchev–Trinajstić information content (AvgIpc) is 2.98. The standard InChI is InChI=1S/C10H15N3O5S2/c1-2-11-10-8(13(14)15)5-9(19-10)20(16,17)12-7-3-4-18-6-7/h5,7,11-12H,2-4,6H2,1H3. The quantitative estimate of drug-likeness (QED) is 0.601. The van der Waals surface area contributed by atoms with Gasteiger partial charge in [0, 0.05) is 25.3 Å². The summed E-state index contributed by atoms with van der Waals surface area (Å²) in [7, 11) is -3.75. The third kappa shape index (κ3) is 3.26. The summed E-state index contributed by atoms with van der Waals surface area (Å²) in [4.78, 5) is 10.3. The zero-order chi connectivity index (χ0) is 14.8. The molecule has 0 bridgehead atoms. The maximum atomic E-state index is 12.2. The summed E-state index contributed by atoms with van der Waals surface area (Å²) in [5, 5.41) is 14.0. The van der Waals surface area contributed by atoms with Crippen molar-refractivity contribution < 1.29 is 18.1 Å². The summed E-state index contributed by atoms with van der Waals surface area (Å²) in [6.07, 6.45) is 0.604. The number of anilines is 1. The van der Waals surface area contributed by atoms with E-state index in [2.05, 4.69) is 10.0 Å². The van der Waals surface area contributed by atoms with Gasteiger partial charge in [0.25, 0.3) is 10.0 Å². The maximum absolute atomic E-state index is 12.2. The van der Waals surface area contributed by atoms with Crippen LogP contribution in [0.25, 0.3) is 0 Å². The summed E-state index contributed by atoms with van der Waals surface area (Å²) in [5.74, 6) is 0. The van der Waals surface area contributed by atoms with Crippen LogP contribution in [0.4, 0.5) is 10.7 Å². The van der Waals surface area contributed by atoms with E-state index < -0.39 is 14.9 Å². The van der Waals surface area contributed by atoms with Crippen molar-refractivity contribution in [3.63, 3.8) is 0 Å². The fourth-order valence-electron chi connectivity index (χ4n) is 1.82. The van der Waals surface area contributed by atoms with Crippen LogP contribution in [0.5, 0.6) is 0 Å². The number of sulfonamides is 1. The van der Waals surface area contributed by atoms with Crippen LogP contribution in [0.2, 0.25) is 0 Å². The van der Waals surface area contributed by atoms with E-state index in [-0.39, 0.29) is 20.9 Å². The van der Waals surface area contributed by atoms with E-state index in [1.807, 2.05) is 0 Å². The van der Waals surface area contributed by atoms with Crippen molar-refractivity contribution in [1.82, 2.24) is 4.72 Å². The minimum Gasteiger partial charge on any atom is -0.380 e. The van der Waals surface area contributed by atoms with Crippen molar-refractivity contribution in [3.8, 4) is 0 Å². The van der Waals surface area contributed by atoms with Gasteiger partial charge in [-0.05, 0) is 13.3 Å². The van der Waals surface area contributed by atoms with Crippen LogP contribution in [-0.4, -0.2) is 39.1 Å². The zero-order valence-corrected chi connectivity index (χ0v) is 12.4. The molecule has 8 nitrogen and oxygen atoms in total. The Kier molecular flexibility index (Phi) is 4.58. The molecule has 1 atom stereocenters. The lowest BCUT2D eigenvalue weighted by atomic mass is 10.3. The number of nitrogens with one attached hydrogen (secondary N) is 2. The second kappa shape index (κ2) is 6.04. The molecule has 1 unspecified atom stereocenters. The fourth-order valence-corrected chi connectivity index (χ4v) is 4.49. The first-order valence-electron chi connectivity index (χ1n) is 6.06. The Morgan fingerprint density at radius 3 is 2.90 bits per heavy atom. The smallest absolute Gasteiger partial charge is 0.304 e. The van der Waals surface area contributed by atoms with E-state index in [1.165, 1.54) is 0 Å². The van der Waals surface area contributed by atoms with Gasteiger partial charge < -0.3 is 10.1 Å². The number of thiophene rings is 1. The van der Waals surface area contributed by atoms with E-state index in [0.29, 0.717) is 26.2 Å². The molecule has 0 spiro atoms. The summed E-state index contributed by atoms with van der Waals surface area (Å²) in [6.45, 7) is 3.10. The Bertz CT molecular complexity index is 592. The number of nitrogens with zero attached hydrogens (tertiary/aromatic N) is 1. The molecule has 1 aromatic rings. The second-order valence-electron chi connectivity index (χ2n) is 4.25.